The molecule has 0 radical (unpaired) electrons. The van der Waals surface area contributed by atoms with Gasteiger partial charge in [0.1, 0.15) is 5.82 Å². The quantitative estimate of drug-likeness (QED) is 0.260. The lowest BCUT2D eigenvalue weighted by molar-refractivity contribution is 0.203. The zero-order valence-electron chi connectivity index (χ0n) is 14.1. The van der Waals surface area contributed by atoms with Crippen LogP contribution in [0.3, 0.4) is 0 Å². The molecule has 2 N–H and O–H groups in total. The number of nitrogens with one attached hydrogen (secondary N) is 2. The smallest absolute Gasteiger partial charge is 0.191 e. The van der Waals surface area contributed by atoms with E-state index in [0.717, 1.165) is 6.26 Å². The van der Waals surface area contributed by atoms with Gasteiger partial charge in [0.15, 0.2) is 15.8 Å². The number of hydrogen-bond acceptors (Lipinski definition) is 4. The van der Waals surface area contributed by atoms with Crippen molar-refractivity contribution in [1.29, 1.82) is 0 Å². The van der Waals surface area contributed by atoms with E-state index in [4.69, 9.17) is 4.74 Å². The summed E-state index contributed by atoms with van der Waals surface area (Å²) in [6.07, 6.45) is 1.15. The zero-order chi connectivity index (χ0) is 17.3. The zero-order valence-corrected chi connectivity index (χ0v) is 17.3. The Balaban J connectivity index is 0.00000529. The highest BCUT2D eigenvalue weighted by Crippen LogP contribution is 2.15. The van der Waals surface area contributed by atoms with Crippen LogP contribution in [-0.2, 0) is 26.9 Å². The first-order chi connectivity index (χ1) is 10.9. The van der Waals surface area contributed by atoms with Crippen LogP contribution in [0.25, 0.3) is 0 Å². The SMILES string of the molecule is CCNC(=NCc1cc(F)ccc1CS(C)(=O)=O)NCCOC.I. The number of guanidine groups is 1. The molecule has 0 spiro atoms. The van der Waals surface area contributed by atoms with Gasteiger partial charge in [-0.3, -0.25) is 0 Å². The van der Waals surface area contributed by atoms with E-state index in [0.29, 0.717) is 36.8 Å². The third-order valence-corrected chi connectivity index (χ3v) is 3.77. The van der Waals surface area contributed by atoms with E-state index in [1.54, 1.807) is 7.11 Å². The van der Waals surface area contributed by atoms with E-state index in [2.05, 4.69) is 15.6 Å². The van der Waals surface area contributed by atoms with Crippen LogP contribution in [0.15, 0.2) is 23.2 Å². The Kier molecular flexibility index (Phi) is 11.1. The van der Waals surface area contributed by atoms with Crippen LogP contribution < -0.4 is 10.6 Å². The molecule has 0 heterocycles. The molecule has 6 nitrogen and oxygen atoms in total. The summed E-state index contributed by atoms with van der Waals surface area (Å²) in [5.74, 6) is 0.0232. The van der Waals surface area contributed by atoms with Gasteiger partial charge in [-0.25, -0.2) is 17.8 Å². The minimum atomic E-state index is -3.20. The number of hydrogen-bond donors (Lipinski definition) is 2. The van der Waals surface area contributed by atoms with Gasteiger partial charge in [-0.1, -0.05) is 6.07 Å². The molecule has 0 aliphatic heterocycles. The molecule has 138 valence electrons. The molecule has 1 aromatic rings. The Morgan fingerprint density at radius 1 is 1.29 bits per heavy atom. The number of ether oxygens (including phenoxy) is 1. The number of aliphatic imine (C=N–C) groups is 1. The summed E-state index contributed by atoms with van der Waals surface area (Å²) < 4.78 is 41.4. The van der Waals surface area contributed by atoms with Gasteiger partial charge in [-0.15, -0.1) is 24.0 Å². The number of halogens is 2. The fraction of sp³-hybridized carbons (Fsp3) is 0.533. The van der Waals surface area contributed by atoms with E-state index in [9.17, 15) is 12.8 Å². The van der Waals surface area contributed by atoms with Crippen LogP contribution in [-0.4, -0.2) is 47.4 Å². The van der Waals surface area contributed by atoms with Gasteiger partial charge in [0.05, 0.1) is 18.9 Å². The molecule has 0 saturated heterocycles. The molecule has 1 aromatic carbocycles. The van der Waals surface area contributed by atoms with Crippen molar-refractivity contribution in [2.75, 3.05) is 33.1 Å². The minimum Gasteiger partial charge on any atom is -0.383 e. The largest absolute Gasteiger partial charge is 0.383 e. The van der Waals surface area contributed by atoms with Crippen LogP contribution in [0.5, 0.6) is 0 Å². The summed E-state index contributed by atoms with van der Waals surface area (Å²) in [7, 11) is -1.59. The van der Waals surface area contributed by atoms with Crippen LogP contribution in [0.4, 0.5) is 4.39 Å². The Bertz CT molecular complexity index is 639. The molecule has 0 atom stereocenters. The first kappa shape index (κ1) is 23.1. The van der Waals surface area contributed by atoms with E-state index in [1.807, 2.05) is 6.92 Å². The first-order valence-corrected chi connectivity index (χ1v) is 9.38. The van der Waals surface area contributed by atoms with Crippen molar-refractivity contribution in [3.63, 3.8) is 0 Å². The van der Waals surface area contributed by atoms with Gasteiger partial charge < -0.3 is 15.4 Å². The number of benzene rings is 1. The summed E-state index contributed by atoms with van der Waals surface area (Å²) in [5.41, 5.74) is 1.12. The summed E-state index contributed by atoms with van der Waals surface area (Å²) in [4.78, 5) is 4.36. The standard InChI is InChI=1S/C15H24FN3O3S.HI/c1-4-17-15(18-7-8-22-2)19-10-13-9-14(16)6-5-12(13)11-23(3,20)21;/h5-6,9H,4,7-8,10-11H2,1-3H3,(H2,17,18,19);1H. The van der Waals surface area contributed by atoms with Crippen molar-refractivity contribution in [2.24, 2.45) is 4.99 Å². The number of methoxy groups -OCH3 is 1. The molecule has 0 aliphatic carbocycles. The van der Waals surface area contributed by atoms with Crippen LogP contribution in [0.2, 0.25) is 0 Å². The van der Waals surface area contributed by atoms with E-state index < -0.39 is 15.7 Å². The predicted molar refractivity (Wildman–Crippen MR) is 105 cm³/mol. The van der Waals surface area contributed by atoms with Gasteiger partial charge in [0.25, 0.3) is 0 Å². The number of sulfone groups is 1. The lowest BCUT2D eigenvalue weighted by atomic mass is 10.1. The third kappa shape index (κ3) is 9.38. The summed E-state index contributed by atoms with van der Waals surface area (Å²) >= 11 is 0. The lowest BCUT2D eigenvalue weighted by Crippen LogP contribution is -2.38. The minimum absolute atomic E-state index is 0. The van der Waals surface area contributed by atoms with Crippen LogP contribution in [0.1, 0.15) is 18.1 Å². The van der Waals surface area contributed by atoms with Crippen molar-refractivity contribution in [3.8, 4) is 0 Å². The third-order valence-electron chi connectivity index (χ3n) is 2.94. The monoisotopic (exact) mass is 473 g/mol. The van der Waals surface area contributed by atoms with Gasteiger partial charge in [-0.2, -0.15) is 0 Å². The first-order valence-electron chi connectivity index (χ1n) is 7.32. The van der Waals surface area contributed by atoms with E-state index in [1.165, 1.54) is 18.2 Å². The highest BCUT2D eigenvalue weighted by Gasteiger charge is 2.10. The van der Waals surface area contributed by atoms with Crippen LogP contribution >= 0.6 is 24.0 Å². The predicted octanol–water partition coefficient (Wildman–Crippen LogP) is 1.69. The second kappa shape index (κ2) is 11.6. The molecule has 1 rings (SSSR count). The molecule has 0 unspecified atom stereocenters. The Morgan fingerprint density at radius 2 is 2.00 bits per heavy atom. The van der Waals surface area contributed by atoms with E-state index >= 15 is 0 Å². The van der Waals surface area contributed by atoms with Crippen LogP contribution in [0, 0.1) is 5.82 Å². The second-order valence-corrected chi connectivity index (χ2v) is 7.24. The maximum atomic E-state index is 13.5. The van der Waals surface area contributed by atoms with Crippen molar-refractivity contribution < 1.29 is 17.5 Å². The number of rotatable bonds is 8. The molecule has 0 saturated carbocycles. The summed E-state index contributed by atoms with van der Waals surface area (Å²) in [6, 6.07) is 4.07. The molecule has 0 aromatic heterocycles. The molecule has 0 amide bonds. The molecule has 0 fully saturated rings. The van der Waals surface area contributed by atoms with Gasteiger partial charge >= 0.3 is 0 Å². The maximum Gasteiger partial charge on any atom is 0.191 e. The Labute approximate surface area is 160 Å². The van der Waals surface area contributed by atoms with Crippen molar-refractivity contribution >= 4 is 39.8 Å². The highest BCUT2D eigenvalue weighted by atomic mass is 127. The molecule has 0 bridgehead atoms. The average molecular weight is 473 g/mol. The van der Waals surface area contributed by atoms with E-state index in [-0.39, 0.29) is 36.3 Å². The topological polar surface area (TPSA) is 79.8 Å². The fourth-order valence-corrected chi connectivity index (χ4v) is 2.79. The van der Waals surface area contributed by atoms with Gasteiger partial charge in [-0.05, 0) is 30.2 Å². The lowest BCUT2D eigenvalue weighted by Gasteiger charge is -2.12. The maximum absolute atomic E-state index is 13.5. The van der Waals surface area contributed by atoms with Crippen molar-refractivity contribution in [3.05, 3.63) is 35.1 Å². The normalized spacial score (nSPS) is 11.8. The van der Waals surface area contributed by atoms with Crippen molar-refractivity contribution in [2.45, 2.75) is 19.2 Å². The van der Waals surface area contributed by atoms with Crippen molar-refractivity contribution in [1.82, 2.24) is 10.6 Å². The molecule has 0 aliphatic rings. The van der Waals surface area contributed by atoms with Gasteiger partial charge in [0, 0.05) is 26.5 Å². The molecule has 9 heteroatoms. The summed E-state index contributed by atoms with van der Waals surface area (Å²) in [6.45, 7) is 3.92. The Morgan fingerprint density at radius 3 is 2.58 bits per heavy atom. The molecular formula is C15H25FIN3O3S. The summed E-state index contributed by atoms with van der Waals surface area (Å²) in [5, 5.41) is 6.14. The molecular weight excluding hydrogens is 448 g/mol. The number of nitrogens with zero attached hydrogens (tertiary/aromatic N) is 1. The molecule has 24 heavy (non-hydrogen) atoms. The fourth-order valence-electron chi connectivity index (χ4n) is 1.94. The Hall–Kier alpha value is -0.940. The van der Waals surface area contributed by atoms with Gasteiger partial charge in [0.2, 0.25) is 0 Å². The average Bonchev–Trinajstić information content (AvgIpc) is 2.46. The second-order valence-electron chi connectivity index (χ2n) is 5.10. The highest BCUT2D eigenvalue weighted by molar-refractivity contribution is 14.0.